The van der Waals surface area contributed by atoms with E-state index in [2.05, 4.69) is 46.7 Å². The Morgan fingerprint density at radius 3 is 2.90 bits per heavy atom. The number of H-pyrrole nitrogens is 1. The number of fused-ring (bicyclic) bond motifs is 1. The molecule has 0 radical (unpaired) electrons. The molecule has 20 heavy (non-hydrogen) atoms. The summed E-state index contributed by atoms with van der Waals surface area (Å²) in [7, 11) is 0. The number of aryl methyl sites for hydroxylation is 2. The number of hydrogen-bond donors (Lipinski definition) is 2. The van der Waals surface area contributed by atoms with Gasteiger partial charge in [0, 0.05) is 23.8 Å². The van der Waals surface area contributed by atoms with E-state index in [0.717, 1.165) is 13.0 Å². The minimum atomic E-state index is 0.575. The minimum Gasteiger partial charge on any atom is -0.309 e. The number of hydrogen-bond acceptors (Lipinski definition) is 2. The molecule has 0 fully saturated rings. The third kappa shape index (κ3) is 3.10. The van der Waals surface area contributed by atoms with Crippen molar-refractivity contribution in [2.45, 2.75) is 51.6 Å². The largest absolute Gasteiger partial charge is 0.309 e. The highest BCUT2D eigenvalue weighted by Gasteiger charge is 2.15. The van der Waals surface area contributed by atoms with Crippen LogP contribution in [0.4, 0.5) is 0 Å². The highest BCUT2D eigenvalue weighted by molar-refractivity contribution is 5.28. The zero-order chi connectivity index (χ0) is 13.8. The smallest absolute Gasteiger partial charge is 0.0535 e. The van der Waals surface area contributed by atoms with Crippen molar-refractivity contribution in [2.75, 3.05) is 0 Å². The number of nitrogens with one attached hydrogen (secondary N) is 2. The summed E-state index contributed by atoms with van der Waals surface area (Å²) in [5.74, 6) is 0. The molecule has 1 unspecified atom stereocenters. The first kappa shape index (κ1) is 13.4. The molecule has 0 aliphatic heterocycles. The lowest BCUT2D eigenvalue weighted by Crippen LogP contribution is -2.32. The zero-order valence-electron chi connectivity index (χ0n) is 12.2. The van der Waals surface area contributed by atoms with E-state index in [1.54, 1.807) is 5.56 Å². The second-order valence-corrected chi connectivity index (χ2v) is 5.82. The normalized spacial score (nSPS) is 19.1. The van der Waals surface area contributed by atoms with Crippen molar-refractivity contribution in [2.24, 2.45) is 0 Å². The number of aromatic nitrogens is 2. The van der Waals surface area contributed by atoms with Crippen molar-refractivity contribution in [3.05, 3.63) is 52.8 Å². The van der Waals surface area contributed by atoms with Crippen molar-refractivity contribution in [3.8, 4) is 0 Å². The van der Waals surface area contributed by atoms with Gasteiger partial charge in [-0.05, 0) is 43.7 Å². The van der Waals surface area contributed by atoms with Gasteiger partial charge in [0.05, 0.1) is 6.20 Å². The van der Waals surface area contributed by atoms with Crippen LogP contribution >= 0.6 is 0 Å². The molecule has 3 nitrogen and oxygen atoms in total. The highest BCUT2D eigenvalue weighted by Crippen LogP contribution is 2.20. The fraction of sp³-hybridized carbons (Fsp3) is 0.471. The predicted octanol–water partition coefficient (Wildman–Crippen LogP) is 3.15. The van der Waals surface area contributed by atoms with Gasteiger partial charge in [0.2, 0.25) is 0 Å². The number of nitrogens with zero attached hydrogens (tertiary/aromatic N) is 1. The molecule has 1 aliphatic carbocycles. The monoisotopic (exact) mass is 269 g/mol. The molecular formula is C17H23N3. The van der Waals surface area contributed by atoms with E-state index >= 15 is 0 Å². The van der Waals surface area contributed by atoms with Gasteiger partial charge in [-0.3, -0.25) is 5.10 Å². The third-order valence-electron chi connectivity index (χ3n) is 4.35. The van der Waals surface area contributed by atoms with Crippen LogP contribution in [-0.2, 0) is 19.4 Å². The average molecular weight is 269 g/mol. The Kier molecular flexibility index (Phi) is 4.16. The molecule has 0 bridgehead atoms. The molecule has 3 rings (SSSR count). The summed E-state index contributed by atoms with van der Waals surface area (Å²) in [5.41, 5.74) is 5.51. The SMILES string of the molecule is Cc1[nH]ncc1CNC1CCCCc2ccccc2C1. The standard InChI is InChI=1S/C17H23N3/c1-13-16(12-19-20-13)11-18-17-9-5-4-7-14-6-2-3-8-15(14)10-17/h2-3,6,8,12,17-18H,4-5,7,9-11H2,1H3,(H,19,20). The Balaban J connectivity index is 1.67. The second kappa shape index (κ2) is 6.23. The summed E-state index contributed by atoms with van der Waals surface area (Å²) in [6.07, 6.45) is 8.21. The van der Waals surface area contributed by atoms with Crippen molar-refractivity contribution < 1.29 is 0 Å². The lowest BCUT2D eigenvalue weighted by molar-refractivity contribution is 0.446. The maximum atomic E-state index is 4.09. The number of benzene rings is 1. The summed E-state index contributed by atoms with van der Waals surface area (Å²) >= 11 is 0. The molecular weight excluding hydrogens is 246 g/mol. The van der Waals surface area contributed by atoms with Crippen molar-refractivity contribution in [1.29, 1.82) is 0 Å². The zero-order valence-corrected chi connectivity index (χ0v) is 12.2. The molecule has 1 aliphatic rings. The van der Waals surface area contributed by atoms with E-state index in [0.29, 0.717) is 6.04 Å². The Hall–Kier alpha value is -1.61. The van der Waals surface area contributed by atoms with Crippen molar-refractivity contribution in [1.82, 2.24) is 15.5 Å². The van der Waals surface area contributed by atoms with Crippen LogP contribution in [0.1, 0.15) is 41.6 Å². The highest BCUT2D eigenvalue weighted by atomic mass is 15.1. The lowest BCUT2D eigenvalue weighted by atomic mass is 9.90. The van der Waals surface area contributed by atoms with Crippen LogP contribution in [0.2, 0.25) is 0 Å². The molecule has 0 saturated carbocycles. The number of aromatic amines is 1. The second-order valence-electron chi connectivity index (χ2n) is 5.82. The summed E-state index contributed by atoms with van der Waals surface area (Å²) in [5, 5.41) is 10.8. The van der Waals surface area contributed by atoms with Crippen LogP contribution in [0.5, 0.6) is 0 Å². The minimum absolute atomic E-state index is 0.575. The van der Waals surface area contributed by atoms with Crippen LogP contribution in [0.3, 0.4) is 0 Å². The van der Waals surface area contributed by atoms with Crippen LogP contribution in [0.25, 0.3) is 0 Å². The van der Waals surface area contributed by atoms with E-state index in [-0.39, 0.29) is 0 Å². The van der Waals surface area contributed by atoms with Gasteiger partial charge in [0.25, 0.3) is 0 Å². The Bertz CT molecular complexity index is 559. The first-order chi connectivity index (χ1) is 9.83. The molecule has 0 spiro atoms. The summed E-state index contributed by atoms with van der Waals surface area (Å²) < 4.78 is 0. The first-order valence-electron chi connectivity index (χ1n) is 7.62. The van der Waals surface area contributed by atoms with Crippen LogP contribution in [0.15, 0.2) is 30.5 Å². The summed E-state index contributed by atoms with van der Waals surface area (Å²) in [6.45, 7) is 2.99. The van der Waals surface area contributed by atoms with Crippen molar-refractivity contribution in [3.63, 3.8) is 0 Å². The van der Waals surface area contributed by atoms with Gasteiger partial charge in [-0.25, -0.2) is 0 Å². The van der Waals surface area contributed by atoms with Crippen molar-refractivity contribution >= 4 is 0 Å². The number of rotatable bonds is 3. The molecule has 0 saturated heterocycles. The fourth-order valence-corrected chi connectivity index (χ4v) is 3.06. The molecule has 1 aromatic heterocycles. The predicted molar refractivity (Wildman–Crippen MR) is 81.7 cm³/mol. The van der Waals surface area contributed by atoms with E-state index in [1.165, 1.54) is 42.5 Å². The van der Waals surface area contributed by atoms with Gasteiger partial charge in [-0.15, -0.1) is 0 Å². The summed E-state index contributed by atoms with van der Waals surface area (Å²) in [6, 6.07) is 9.48. The lowest BCUT2D eigenvalue weighted by Gasteiger charge is -2.23. The topological polar surface area (TPSA) is 40.7 Å². The van der Waals surface area contributed by atoms with E-state index in [9.17, 15) is 0 Å². The molecule has 1 atom stereocenters. The Morgan fingerprint density at radius 1 is 1.25 bits per heavy atom. The first-order valence-corrected chi connectivity index (χ1v) is 7.62. The van der Waals surface area contributed by atoms with Crippen LogP contribution < -0.4 is 5.32 Å². The maximum absolute atomic E-state index is 4.09. The van der Waals surface area contributed by atoms with Gasteiger partial charge in [0.15, 0.2) is 0 Å². The third-order valence-corrected chi connectivity index (χ3v) is 4.35. The van der Waals surface area contributed by atoms with Gasteiger partial charge in [-0.1, -0.05) is 30.7 Å². The molecule has 106 valence electrons. The quantitative estimate of drug-likeness (QED) is 0.898. The van der Waals surface area contributed by atoms with E-state index < -0.39 is 0 Å². The Morgan fingerprint density at radius 2 is 2.10 bits per heavy atom. The van der Waals surface area contributed by atoms with Crippen LogP contribution in [0, 0.1) is 6.92 Å². The molecule has 0 amide bonds. The van der Waals surface area contributed by atoms with Crippen LogP contribution in [-0.4, -0.2) is 16.2 Å². The van der Waals surface area contributed by atoms with Gasteiger partial charge < -0.3 is 5.32 Å². The molecule has 2 N–H and O–H groups in total. The summed E-state index contributed by atoms with van der Waals surface area (Å²) in [4.78, 5) is 0. The molecule has 1 heterocycles. The van der Waals surface area contributed by atoms with Gasteiger partial charge in [-0.2, -0.15) is 5.10 Å². The van der Waals surface area contributed by atoms with E-state index in [4.69, 9.17) is 0 Å². The average Bonchev–Trinajstić information content (AvgIpc) is 2.84. The molecule has 2 aromatic rings. The van der Waals surface area contributed by atoms with E-state index in [1.807, 2.05) is 6.20 Å². The maximum Gasteiger partial charge on any atom is 0.0535 e. The Labute approximate surface area is 120 Å². The molecule has 3 heteroatoms. The molecule has 1 aromatic carbocycles. The fourth-order valence-electron chi connectivity index (χ4n) is 3.06. The van der Waals surface area contributed by atoms with Gasteiger partial charge >= 0.3 is 0 Å². The van der Waals surface area contributed by atoms with Gasteiger partial charge in [0.1, 0.15) is 0 Å².